The van der Waals surface area contributed by atoms with E-state index < -0.39 is 0 Å². The molecule has 4 unspecified atom stereocenters. The quantitative estimate of drug-likeness (QED) is 0.134. The van der Waals surface area contributed by atoms with Crippen molar-refractivity contribution in [2.75, 3.05) is 4.90 Å². The van der Waals surface area contributed by atoms with E-state index in [9.17, 15) is 5.26 Å². The molecule has 12 rings (SSSR count). The molecular weight excluding hydrogens is 699 g/mol. The fraction of sp³-hybridized carbons (Fsp3) is 0.145. The Morgan fingerprint density at radius 1 is 0.741 bits per heavy atom. The second kappa shape index (κ2) is 12.7. The molecule has 3 heteroatoms. The Balaban J connectivity index is 1.23. The van der Waals surface area contributed by atoms with Gasteiger partial charge in [0.2, 0.25) is 6.71 Å². The Labute approximate surface area is 340 Å². The second-order valence-corrected chi connectivity index (χ2v) is 17.0. The van der Waals surface area contributed by atoms with Gasteiger partial charge in [0, 0.05) is 35.0 Å². The Hall–Kier alpha value is -6.63. The number of hydrogen-bond acceptors (Lipinski definition) is 2. The van der Waals surface area contributed by atoms with Crippen molar-refractivity contribution in [3.63, 3.8) is 0 Å². The zero-order valence-corrected chi connectivity index (χ0v) is 32.8. The smallest absolute Gasteiger partial charge is 0.243 e. The monoisotopic (exact) mass is 740 g/mol. The summed E-state index contributed by atoms with van der Waals surface area (Å²) in [6, 6.07) is 50.2. The van der Waals surface area contributed by atoms with Crippen molar-refractivity contribution in [3.8, 4) is 6.07 Å². The largest absolute Gasteiger partial charge is 0.311 e. The molecule has 0 bridgehead atoms. The molecule has 0 aromatic heterocycles. The summed E-state index contributed by atoms with van der Waals surface area (Å²) in [5.74, 6) is 0.735. The third-order valence-corrected chi connectivity index (χ3v) is 14.0. The molecule has 0 saturated carbocycles. The molecule has 0 fully saturated rings. The van der Waals surface area contributed by atoms with Crippen LogP contribution in [0.2, 0.25) is 0 Å². The number of rotatable bonds is 3. The molecule has 6 aromatic carbocycles. The average molecular weight is 741 g/mol. The first-order valence-electron chi connectivity index (χ1n) is 20.9. The number of fused-ring (bicyclic) bond motifs is 7. The topological polar surface area (TPSA) is 27.0 Å². The first-order chi connectivity index (χ1) is 28.6. The minimum absolute atomic E-state index is 0.0275. The van der Waals surface area contributed by atoms with Crippen LogP contribution in [0.4, 0.5) is 17.1 Å². The van der Waals surface area contributed by atoms with Gasteiger partial charge < -0.3 is 4.90 Å². The lowest BCUT2D eigenvalue weighted by atomic mass is 9.28. The van der Waals surface area contributed by atoms with Crippen LogP contribution in [0.5, 0.6) is 0 Å². The van der Waals surface area contributed by atoms with Crippen LogP contribution in [0.3, 0.4) is 0 Å². The molecule has 274 valence electrons. The Morgan fingerprint density at radius 3 is 2.33 bits per heavy atom. The van der Waals surface area contributed by atoms with E-state index in [4.69, 9.17) is 0 Å². The predicted molar refractivity (Wildman–Crippen MR) is 240 cm³/mol. The lowest BCUT2D eigenvalue weighted by molar-refractivity contribution is 0.596. The van der Waals surface area contributed by atoms with Crippen molar-refractivity contribution in [2.45, 2.75) is 38.5 Å². The second-order valence-electron chi connectivity index (χ2n) is 17.0. The molecule has 0 amide bonds. The summed E-state index contributed by atoms with van der Waals surface area (Å²) in [6.45, 7) is 4.51. The minimum atomic E-state index is 0.0275. The molecule has 0 saturated heterocycles. The van der Waals surface area contributed by atoms with Gasteiger partial charge in [0.1, 0.15) is 0 Å². The van der Waals surface area contributed by atoms with Gasteiger partial charge in [-0.15, -0.1) is 0 Å². The van der Waals surface area contributed by atoms with E-state index in [-0.39, 0.29) is 30.4 Å². The Bertz CT molecular complexity index is 3050. The van der Waals surface area contributed by atoms with E-state index in [0.29, 0.717) is 5.56 Å². The number of para-hydroxylation sites is 1. The predicted octanol–water partition coefficient (Wildman–Crippen LogP) is 9.87. The van der Waals surface area contributed by atoms with Crippen LogP contribution in [0.15, 0.2) is 169 Å². The Morgan fingerprint density at radius 2 is 1.52 bits per heavy atom. The summed E-state index contributed by atoms with van der Waals surface area (Å²) < 4.78 is 0. The summed E-state index contributed by atoms with van der Waals surface area (Å²) in [6.07, 6.45) is 16.6. The molecule has 6 aromatic rings. The average Bonchev–Trinajstić information content (AvgIpc) is 3.27. The zero-order valence-electron chi connectivity index (χ0n) is 32.8. The Kier molecular flexibility index (Phi) is 7.33. The van der Waals surface area contributed by atoms with E-state index >= 15 is 0 Å². The highest BCUT2D eigenvalue weighted by molar-refractivity contribution is 6.94. The van der Waals surface area contributed by atoms with Crippen LogP contribution >= 0.6 is 0 Å². The molecule has 4 atom stereocenters. The molecule has 0 N–H and O–H groups in total. The molecular formula is C55H41BN2. The molecule has 58 heavy (non-hydrogen) atoms. The van der Waals surface area contributed by atoms with Crippen molar-refractivity contribution in [3.05, 3.63) is 224 Å². The van der Waals surface area contributed by atoms with Gasteiger partial charge >= 0.3 is 0 Å². The fourth-order valence-electron chi connectivity index (χ4n) is 11.8. The highest BCUT2D eigenvalue weighted by Crippen LogP contribution is 2.55. The highest BCUT2D eigenvalue weighted by Gasteiger charge is 2.50. The number of hydrogen-bond donors (Lipinski definition) is 0. The number of aryl methyl sites for hydroxylation is 2. The normalized spacial score (nSPS) is 21.4. The summed E-state index contributed by atoms with van der Waals surface area (Å²) in [5, 5.41) is 13.4. The number of allylic oxidation sites excluding steroid dienone is 7. The zero-order chi connectivity index (χ0) is 38.6. The van der Waals surface area contributed by atoms with E-state index in [1.807, 2.05) is 0 Å². The van der Waals surface area contributed by atoms with Crippen LogP contribution in [-0.2, 0) is 0 Å². The maximum Gasteiger partial charge on any atom is 0.243 e. The van der Waals surface area contributed by atoms with Gasteiger partial charge in [-0.3, -0.25) is 0 Å². The summed E-state index contributed by atoms with van der Waals surface area (Å²) in [5.41, 5.74) is 21.9. The SMILES string of the molecule is Cc1cccc(C)c1N1c2cc3c(cc2B2C4=CC=CC5=c6ccccc6=CC(c6cc(C#N)cc1c62)C45)C(c1ccccc1)=C1CCC=CC1C3c1ccccc1. The lowest BCUT2D eigenvalue weighted by Gasteiger charge is -2.48. The van der Waals surface area contributed by atoms with Crippen LogP contribution < -0.4 is 26.3 Å². The van der Waals surface area contributed by atoms with Crippen molar-refractivity contribution in [2.24, 2.45) is 11.8 Å². The molecule has 2 nitrogen and oxygen atoms in total. The molecule has 0 radical (unpaired) electrons. The van der Waals surface area contributed by atoms with Crippen molar-refractivity contribution in [1.29, 1.82) is 5.26 Å². The van der Waals surface area contributed by atoms with E-state index in [1.54, 1.807) is 5.57 Å². The summed E-state index contributed by atoms with van der Waals surface area (Å²) in [7, 11) is 0. The molecule has 6 aliphatic rings. The molecule has 4 aliphatic carbocycles. The van der Waals surface area contributed by atoms with Crippen LogP contribution in [0, 0.1) is 37.0 Å². The van der Waals surface area contributed by atoms with Gasteiger partial charge in [0.25, 0.3) is 0 Å². The van der Waals surface area contributed by atoms with Crippen molar-refractivity contribution >= 4 is 51.9 Å². The molecule has 2 aliphatic heterocycles. The number of anilines is 3. The summed E-state index contributed by atoms with van der Waals surface area (Å²) in [4.78, 5) is 2.55. The van der Waals surface area contributed by atoms with Gasteiger partial charge in [0.15, 0.2) is 0 Å². The minimum Gasteiger partial charge on any atom is -0.311 e. The van der Waals surface area contributed by atoms with Gasteiger partial charge in [-0.05, 0) is 116 Å². The van der Waals surface area contributed by atoms with Crippen LogP contribution in [0.1, 0.15) is 69.2 Å². The van der Waals surface area contributed by atoms with Crippen molar-refractivity contribution < 1.29 is 0 Å². The fourth-order valence-corrected chi connectivity index (χ4v) is 11.8. The number of nitriles is 1. The first kappa shape index (κ1) is 33.5. The van der Waals surface area contributed by atoms with Crippen molar-refractivity contribution in [1.82, 2.24) is 0 Å². The third-order valence-electron chi connectivity index (χ3n) is 14.0. The van der Waals surface area contributed by atoms with Gasteiger partial charge in [-0.25, -0.2) is 0 Å². The summed E-state index contributed by atoms with van der Waals surface area (Å²) >= 11 is 0. The van der Waals surface area contributed by atoms with E-state index in [0.717, 1.165) is 18.5 Å². The number of benzene rings is 6. The van der Waals surface area contributed by atoms with E-state index in [1.165, 1.54) is 88.3 Å². The molecule has 2 heterocycles. The van der Waals surface area contributed by atoms with Crippen LogP contribution in [-0.4, -0.2) is 6.71 Å². The first-order valence-corrected chi connectivity index (χ1v) is 20.9. The van der Waals surface area contributed by atoms with Crippen LogP contribution in [0.25, 0.3) is 17.2 Å². The third kappa shape index (κ3) is 4.67. The van der Waals surface area contributed by atoms with E-state index in [2.05, 4.69) is 189 Å². The highest BCUT2D eigenvalue weighted by atomic mass is 15.2. The van der Waals surface area contributed by atoms with Gasteiger partial charge in [-0.2, -0.15) is 5.26 Å². The van der Waals surface area contributed by atoms with Gasteiger partial charge in [0.05, 0.1) is 17.3 Å². The maximum atomic E-state index is 10.8. The molecule has 0 spiro atoms. The standard InChI is InChI=1S/C55H41BN2/c1-33-15-13-16-34(2)55(33)58-49-31-45-44(51(36-17-5-3-6-18-36)41-23-11-12-24-42(41)52(45)37-19-7-4-8-20-37)30-48(49)56-47-26-14-25-40-39-22-10-9-21-38(39)29-43(53(40)47)46-27-35(32-57)28-50(58)54(46)56/h3-10,12-22,24-31,42-43,52-53H,11,23H2,1-2H3. The lowest BCUT2D eigenvalue weighted by Crippen LogP contribution is -2.59. The van der Waals surface area contributed by atoms with Gasteiger partial charge in [-0.1, -0.05) is 157 Å². The maximum absolute atomic E-state index is 10.8. The number of nitrogens with zero attached hydrogens (tertiary/aromatic N) is 2.